The Morgan fingerprint density at radius 2 is 2.38 bits per heavy atom. The minimum absolute atomic E-state index is 0.491. The van der Waals surface area contributed by atoms with Crippen molar-refractivity contribution in [3.8, 4) is 0 Å². The molecule has 1 aliphatic rings. The highest BCUT2D eigenvalue weighted by Crippen LogP contribution is 1.83. The van der Waals surface area contributed by atoms with Crippen LogP contribution in [0.25, 0.3) is 0 Å². The fourth-order valence-electron chi connectivity index (χ4n) is 0.685. The fourth-order valence-corrected chi connectivity index (χ4v) is 0.685. The zero-order chi connectivity index (χ0) is 5.82. The lowest BCUT2D eigenvalue weighted by atomic mass is 10.4. The van der Waals surface area contributed by atoms with Crippen molar-refractivity contribution in [3.63, 3.8) is 0 Å². The molecule has 0 aromatic heterocycles. The van der Waals surface area contributed by atoms with Crippen LogP contribution in [0, 0.1) is 0 Å². The molecule has 0 amide bonds. The van der Waals surface area contributed by atoms with E-state index >= 15 is 0 Å². The Kier molecular flexibility index (Phi) is 2.27. The van der Waals surface area contributed by atoms with Gasteiger partial charge in [0, 0.05) is 19.1 Å². The van der Waals surface area contributed by atoms with Crippen LogP contribution in [0.3, 0.4) is 0 Å². The molecule has 1 heterocycles. The van der Waals surface area contributed by atoms with Gasteiger partial charge in [0.2, 0.25) is 0 Å². The van der Waals surface area contributed by atoms with Gasteiger partial charge in [0.15, 0.2) is 0 Å². The molecular weight excluding hydrogens is 104 g/mol. The molecule has 48 valence electrons. The summed E-state index contributed by atoms with van der Waals surface area (Å²) in [4.78, 5) is 4.99. The molecule has 0 radical (unpaired) electrons. The Labute approximate surface area is 49.4 Å². The van der Waals surface area contributed by atoms with Crippen molar-refractivity contribution in [2.24, 2.45) is 0 Å². The van der Waals surface area contributed by atoms with E-state index < -0.39 is 0 Å². The first-order valence-electron chi connectivity index (χ1n) is 2.97. The van der Waals surface area contributed by atoms with Crippen LogP contribution in [0.5, 0.6) is 0 Å². The highest BCUT2D eigenvalue weighted by Gasteiger charge is 2.03. The summed E-state index contributed by atoms with van der Waals surface area (Å²) in [6, 6.07) is 0.491. The van der Waals surface area contributed by atoms with E-state index in [0.717, 1.165) is 19.7 Å². The van der Waals surface area contributed by atoms with Gasteiger partial charge in [0.1, 0.15) is 0 Å². The summed E-state index contributed by atoms with van der Waals surface area (Å²) in [5.41, 5.74) is 2.82. The predicted octanol–water partition coefficient (Wildman–Crippen LogP) is -0.501. The van der Waals surface area contributed by atoms with Crippen LogP contribution >= 0.6 is 0 Å². The molecular formula is C5H12N2O. The third kappa shape index (κ3) is 1.78. The third-order valence-corrected chi connectivity index (χ3v) is 1.16. The minimum atomic E-state index is 0.491. The van der Waals surface area contributed by atoms with Crippen molar-refractivity contribution in [2.45, 2.75) is 13.0 Å². The van der Waals surface area contributed by atoms with Crippen LogP contribution in [0.15, 0.2) is 0 Å². The van der Waals surface area contributed by atoms with Crippen LogP contribution in [0.2, 0.25) is 0 Å². The van der Waals surface area contributed by atoms with Gasteiger partial charge in [-0.1, -0.05) is 0 Å². The minimum Gasteiger partial charge on any atom is -0.311 e. The normalized spacial score (nSPS) is 31.9. The summed E-state index contributed by atoms with van der Waals surface area (Å²) in [6.45, 7) is 4.78. The third-order valence-electron chi connectivity index (χ3n) is 1.16. The molecule has 8 heavy (non-hydrogen) atoms. The van der Waals surface area contributed by atoms with Crippen LogP contribution in [0.1, 0.15) is 6.92 Å². The molecule has 0 saturated carbocycles. The molecule has 2 N–H and O–H groups in total. The van der Waals surface area contributed by atoms with Crippen molar-refractivity contribution < 1.29 is 4.84 Å². The second-order valence-corrected chi connectivity index (χ2v) is 2.06. The Bertz CT molecular complexity index is 59.4. The van der Waals surface area contributed by atoms with E-state index in [1.54, 1.807) is 0 Å². The van der Waals surface area contributed by atoms with E-state index in [1.165, 1.54) is 0 Å². The maximum atomic E-state index is 4.99. The zero-order valence-corrected chi connectivity index (χ0v) is 5.11. The van der Waals surface area contributed by atoms with Gasteiger partial charge in [0.05, 0.1) is 6.61 Å². The smallest absolute Gasteiger partial charge is 0.0832 e. The van der Waals surface area contributed by atoms with Gasteiger partial charge in [-0.25, -0.2) is 5.48 Å². The maximum Gasteiger partial charge on any atom is 0.0832 e. The van der Waals surface area contributed by atoms with Crippen molar-refractivity contribution >= 4 is 0 Å². The van der Waals surface area contributed by atoms with Gasteiger partial charge >= 0.3 is 0 Å². The SMILES string of the molecule is C[C@@H]1CONCCN1. The van der Waals surface area contributed by atoms with Crippen molar-refractivity contribution in [2.75, 3.05) is 19.7 Å². The first-order valence-corrected chi connectivity index (χ1v) is 2.97. The van der Waals surface area contributed by atoms with E-state index in [4.69, 9.17) is 4.84 Å². The lowest BCUT2D eigenvalue weighted by Crippen LogP contribution is -2.28. The second-order valence-electron chi connectivity index (χ2n) is 2.06. The lowest BCUT2D eigenvalue weighted by Gasteiger charge is -2.04. The molecule has 0 spiro atoms. The summed E-state index contributed by atoms with van der Waals surface area (Å²) in [5, 5.41) is 3.26. The molecule has 0 unspecified atom stereocenters. The standard InChI is InChI=1S/C5H12N2O/c1-5-4-8-7-3-2-6-5/h5-7H,2-4H2,1H3/t5-/m1/s1. The number of rotatable bonds is 0. The number of hydroxylamine groups is 1. The van der Waals surface area contributed by atoms with Gasteiger partial charge < -0.3 is 10.2 Å². The van der Waals surface area contributed by atoms with Crippen LogP contribution in [-0.2, 0) is 4.84 Å². The second kappa shape index (κ2) is 3.02. The molecule has 3 heteroatoms. The molecule has 1 rings (SSSR count). The van der Waals surface area contributed by atoms with Gasteiger partial charge in [-0.3, -0.25) is 0 Å². The van der Waals surface area contributed by atoms with Gasteiger partial charge in [0.25, 0.3) is 0 Å². The van der Waals surface area contributed by atoms with Gasteiger partial charge in [-0.15, -0.1) is 0 Å². The summed E-state index contributed by atoms with van der Waals surface area (Å²) in [5.74, 6) is 0. The highest BCUT2D eigenvalue weighted by atomic mass is 16.6. The Hall–Kier alpha value is -0.120. The topological polar surface area (TPSA) is 33.3 Å². The quantitative estimate of drug-likeness (QED) is 0.447. The van der Waals surface area contributed by atoms with Gasteiger partial charge in [-0.2, -0.15) is 0 Å². The predicted molar refractivity (Wildman–Crippen MR) is 31.4 cm³/mol. The largest absolute Gasteiger partial charge is 0.311 e. The van der Waals surface area contributed by atoms with E-state index in [9.17, 15) is 0 Å². The van der Waals surface area contributed by atoms with E-state index in [0.29, 0.717) is 6.04 Å². The lowest BCUT2D eigenvalue weighted by molar-refractivity contribution is 0.0471. The molecule has 0 bridgehead atoms. The van der Waals surface area contributed by atoms with Crippen molar-refractivity contribution in [1.82, 2.24) is 10.8 Å². The molecule has 0 aromatic carbocycles. The summed E-state index contributed by atoms with van der Waals surface area (Å²) in [7, 11) is 0. The van der Waals surface area contributed by atoms with Crippen LogP contribution in [0.4, 0.5) is 0 Å². The Balaban J connectivity index is 2.17. The van der Waals surface area contributed by atoms with Gasteiger partial charge in [-0.05, 0) is 6.92 Å². The summed E-state index contributed by atoms with van der Waals surface area (Å²) >= 11 is 0. The molecule has 1 atom stereocenters. The monoisotopic (exact) mass is 116 g/mol. The van der Waals surface area contributed by atoms with E-state index in [1.807, 2.05) is 0 Å². The Morgan fingerprint density at radius 1 is 1.50 bits per heavy atom. The maximum absolute atomic E-state index is 4.99. The van der Waals surface area contributed by atoms with Crippen LogP contribution in [-0.4, -0.2) is 25.7 Å². The van der Waals surface area contributed by atoms with E-state index in [-0.39, 0.29) is 0 Å². The molecule has 1 saturated heterocycles. The summed E-state index contributed by atoms with van der Waals surface area (Å²) in [6.07, 6.45) is 0. The average molecular weight is 116 g/mol. The number of hydrogen-bond acceptors (Lipinski definition) is 3. The summed E-state index contributed by atoms with van der Waals surface area (Å²) < 4.78 is 0. The first-order chi connectivity index (χ1) is 3.89. The van der Waals surface area contributed by atoms with E-state index in [2.05, 4.69) is 17.7 Å². The Morgan fingerprint density at radius 3 is 3.25 bits per heavy atom. The first kappa shape index (κ1) is 6.01. The van der Waals surface area contributed by atoms with Crippen molar-refractivity contribution in [1.29, 1.82) is 0 Å². The number of hydrogen-bond donors (Lipinski definition) is 2. The zero-order valence-electron chi connectivity index (χ0n) is 5.11. The molecule has 3 nitrogen and oxygen atoms in total. The molecule has 0 aromatic rings. The number of nitrogens with one attached hydrogen (secondary N) is 2. The van der Waals surface area contributed by atoms with Crippen LogP contribution < -0.4 is 10.8 Å². The molecule has 1 aliphatic heterocycles. The highest BCUT2D eigenvalue weighted by molar-refractivity contribution is 4.60. The fraction of sp³-hybridized carbons (Fsp3) is 1.00. The van der Waals surface area contributed by atoms with Crippen molar-refractivity contribution in [3.05, 3.63) is 0 Å². The molecule has 0 aliphatic carbocycles. The average Bonchev–Trinajstić information content (AvgIpc) is 1.94. The molecule has 1 fully saturated rings.